The van der Waals surface area contributed by atoms with Gasteiger partial charge in [-0.25, -0.2) is 4.57 Å². The summed E-state index contributed by atoms with van der Waals surface area (Å²) in [5.41, 5.74) is 0. The first-order chi connectivity index (χ1) is 43.0. The number of carbonyl (C=O) groups is 2. The van der Waals surface area contributed by atoms with E-state index < -0.39 is 26.5 Å². The Morgan fingerprint density at radius 1 is 0.352 bits per heavy atom. The summed E-state index contributed by atoms with van der Waals surface area (Å²) in [5.74, 6) is -0.836. The summed E-state index contributed by atoms with van der Waals surface area (Å²) in [4.78, 5) is 35.9. The molecule has 88 heavy (non-hydrogen) atoms. The Bertz CT molecular complexity index is 2000. The standard InChI is InChI=1S/C78H132NO8P/c1-6-8-10-12-14-16-18-20-22-24-26-28-30-32-33-34-35-36-37-38-39-40-41-42-43-44-45-47-48-50-52-54-56-58-60-62-64-66-68-70-77(80)84-74-76(75-86-88(82,83)85-73-72-79(3,4)5)87-78(81)71-69-67-65-63-61-59-57-55-53-51-49-46-31-29-27-25-23-21-19-17-15-13-11-9-7-2/h8-11,14-17,20-23,26-29,32-33,46,49,53,55,59,61,76H,6-7,12-13,18-19,24-25,30-31,34-45,47-48,50-52,54,56-58,60,62-75H2,1-5H3/p+1/b10-8-,11-9-,16-14-,17-15-,22-20-,23-21-,28-26-,29-27-,33-32-,49-46-,55-53-,61-59-. The monoisotopic (exact) mass is 1240 g/mol. The molecule has 1 N–H and O–H groups in total. The molecular formula is C78H133NO8P+. The Morgan fingerprint density at radius 2 is 0.614 bits per heavy atom. The molecule has 2 unspecified atom stereocenters. The van der Waals surface area contributed by atoms with E-state index in [1.54, 1.807) is 0 Å². The van der Waals surface area contributed by atoms with Gasteiger partial charge in [-0.1, -0.05) is 301 Å². The fourth-order valence-corrected chi connectivity index (χ4v) is 10.2. The minimum absolute atomic E-state index is 0.0190. The lowest BCUT2D eigenvalue weighted by molar-refractivity contribution is -0.870. The number of hydrogen-bond acceptors (Lipinski definition) is 7. The first-order valence-electron chi connectivity index (χ1n) is 35.6. The maximum Gasteiger partial charge on any atom is 0.472 e. The maximum absolute atomic E-state index is 12.9. The highest BCUT2D eigenvalue weighted by atomic mass is 31.2. The summed E-state index contributed by atoms with van der Waals surface area (Å²) >= 11 is 0. The molecule has 0 amide bonds. The molecule has 0 aliphatic heterocycles. The zero-order chi connectivity index (χ0) is 64.1. The number of unbranched alkanes of at least 4 members (excludes halogenated alkanes) is 26. The predicted molar refractivity (Wildman–Crippen MR) is 380 cm³/mol. The number of esters is 2. The average Bonchev–Trinajstić information content (AvgIpc) is 3.57. The second kappa shape index (κ2) is 67.3. The molecule has 0 aliphatic carbocycles. The van der Waals surface area contributed by atoms with E-state index in [1.807, 2.05) is 21.1 Å². The van der Waals surface area contributed by atoms with Crippen LogP contribution in [-0.4, -0.2) is 74.9 Å². The van der Waals surface area contributed by atoms with Crippen LogP contribution >= 0.6 is 7.82 Å². The quantitative estimate of drug-likeness (QED) is 0.0211. The van der Waals surface area contributed by atoms with Crippen LogP contribution in [0.25, 0.3) is 0 Å². The van der Waals surface area contributed by atoms with Crippen molar-refractivity contribution >= 4 is 19.8 Å². The second-order valence-corrected chi connectivity index (χ2v) is 26.0. The first-order valence-corrected chi connectivity index (χ1v) is 37.1. The number of nitrogens with zero attached hydrogens (tertiary/aromatic N) is 1. The molecule has 0 aromatic carbocycles. The molecule has 0 bridgehead atoms. The highest BCUT2D eigenvalue weighted by Gasteiger charge is 2.27. The number of carbonyl (C=O) groups excluding carboxylic acids is 2. The van der Waals surface area contributed by atoms with Crippen LogP contribution in [0.15, 0.2) is 146 Å². The number of phosphoric acid groups is 1. The fraction of sp³-hybridized carbons (Fsp3) is 0.667. The SMILES string of the molecule is CC/C=C\C/C=C\C/C=C\C/C=C\C/C=C\C/C=C\C/C=C\CCCCCC(=O)OC(COC(=O)CCCCCCCCCCCCCCCCCCCCCCCCC/C=C\C/C=C\C/C=C\C/C=C\C/C=C\CC)COP(=O)(O)OCC[N+](C)(C)C. The number of quaternary nitrogens is 1. The molecule has 0 aromatic heterocycles. The van der Waals surface area contributed by atoms with Gasteiger partial charge in [0.15, 0.2) is 6.10 Å². The molecule has 0 radical (unpaired) electrons. The summed E-state index contributed by atoms with van der Waals surface area (Å²) in [7, 11) is 1.44. The molecule has 0 aromatic rings. The largest absolute Gasteiger partial charge is 0.472 e. The lowest BCUT2D eigenvalue weighted by Crippen LogP contribution is -2.37. The number of hydrogen-bond donors (Lipinski definition) is 1. The molecule has 0 rings (SSSR count). The van der Waals surface area contributed by atoms with Gasteiger partial charge in [-0.15, -0.1) is 0 Å². The smallest absolute Gasteiger partial charge is 0.462 e. The highest BCUT2D eigenvalue weighted by Crippen LogP contribution is 2.43. The summed E-state index contributed by atoms with van der Waals surface area (Å²) in [6, 6.07) is 0. The molecule has 2 atom stereocenters. The summed E-state index contributed by atoms with van der Waals surface area (Å²) in [6.07, 6.45) is 99.7. The van der Waals surface area contributed by atoms with Crippen molar-refractivity contribution in [2.24, 2.45) is 0 Å². The van der Waals surface area contributed by atoms with Crippen molar-refractivity contribution in [2.45, 2.75) is 290 Å². The molecule has 0 spiro atoms. The molecule has 0 saturated carbocycles. The van der Waals surface area contributed by atoms with E-state index in [1.165, 1.54) is 135 Å². The zero-order valence-electron chi connectivity index (χ0n) is 57.2. The topological polar surface area (TPSA) is 108 Å². The number of likely N-dealkylation sites (N-methyl/N-ethyl adjacent to an activating group) is 1. The van der Waals surface area contributed by atoms with Crippen LogP contribution in [0.4, 0.5) is 0 Å². The van der Waals surface area contributed by atoms with Crippen LogP contribution in [0, 0.1) is 0 Å². The van der Waals surface area contributed by atoms with Gasteiger partial charge in [0.05, 0.1) is 27.7 Å². The molecule has 0 fully saturated rings. The molecule has 0 aliphatic rings. The van der Waals surface area contributed by atoms with Crippen molar-refractivity contribution in [3.8, 4) is 0 Å². The number of phosphoric ester groups is 1. The van der Waals surface area contributed by atoms with Crippen LogP contribution < -0.4 is 0 Å². The molecular weight excluding hydrogens is 1110 g/mol. The third kappa shape index (κ3) is 71.0. The van der Waals surface area contributed by atoms with Gasteiger partial charge in [0.2, 0.25) is 0 Å². The van der Waals surface area contributed by atoms with Crippen LogP contribution in [0.1, 0.15) is 284 Å². The summed E-state index contributed by atoms with van der Waals surface area (Å²) in [5, 5.41) is 0. The van der Waals surface area contributed by atoms with Gasteiger partial charge in [-0.2, -0.15) is 0 Å². The Kier molecular flexibility index (Phi) is 64.1. The summed E-state index contributed by atoms with van der Waals surface area (Å²) in [6.45, 7) is 4.17. The number of ether oxygens (including phenoxy) is 2. The van der Waals surface area contributed by atoms with Gasteiger partial charge in [-0.3, -0.25) is 18.6 Å². The lowest BCUT2D eigenvalue weighted by atomic mass is 10.0. The van der Waals surface area contributed by atoms with Gasteiger partial charge in [-0.05, 0) is 116 Å². The van der Waals surface area contributed by atoms with Crippen molar-refractivity contribution in [3.05, 3.63) is 146 Å². The van der Waals surface area contributed by atoms with Gasteiger partial charge < -0.3 is 18.9 Å². The predicted octanol–water partition coefficient (Wildman–Crippen LogP) is 23.4. The maximum atomic E-state index is 12.9. The van der Waals surface area contributed by atoms with E-state index in [9.17, 15) is 19.0 Å². The minimum Gasteiger partial charge on any atom is -0.462 e. The normalized spacial score (nSPS) is 14.0. The molecule has 502 valence electrons. The van der Waals surface area contributed by atoms with E-state index in [0.29, 0.717) is 17.4 Å². The zero-order valence-corrected chi connectivity index (χ0v) is 58.1. The van der Waals surface area contributed by atoms with Crippen molar-refractivity contribution in [1.82, 2.24) is 0 Å². The van der Waals surface area contributed by atoms with E-state index in [0.717, 1.165) is 116 Å². The lowest BCUT2D eigenvalue weighted by Gasteiger charge is -2.24. The fourth-order valence-electron chi connectivity index (χ4n) is 9.50. The third-order valence-corrected chi connectivity index (χ3v) is 15.8. The van der Waals surface area contributed by atoms with Gasteiger partial charge >= 0.3 is 19.8 Å². The minimum atomic E-state index is -4.41. The van der Waals surface area contributed by atoms with E-state index in [4.69, 9.17) is 18.5 Å². The van der Waals surface area contributed by atoms with Crippen molar-refractivity contribution in [2.75, 3.05) is 47.5 Å². The number of allylic oxidation sites excluding steroid dienone is 24. The van der Waals surface area contributed by atoms with Gasteiger partial charge in [0, 0.05) is 12.8 Å². The van der Waals surface area contributed by atoms with Crippen LogP contribution in [0.2, 0.25) is 0 Å². The van der Waals surface area contributed by atoms with Gasteiger partial charge in [0.1, 0.15) is 19.8 Å². The Labute approximate surface area is 542 Å². The van der Waals surface area contributed by atoms with E-state index in [-0.39, 0.29) is 32.0 Å². The Balaban J connectivity index is 4.03. The molecule has 9 nitrogen and oxygen atoms in total. The van der Waals surface area contributed by atoms with Crippen LogP contribution in [0.5, 0.6) is 0 Å². The van der Waals surface area contributed by atoms with Crippen LogP contribution in [0.3, 0.4) is 0 Å². The van der Waals surface area contributed by atoms with Crippen molar-refractivity contribution in [1.29, 1.82) is 0 Å². The molecule has 0 heterocycles. The second-order valence-electron chi connectivity index (χ2n) is 24.5. The summed E-state index contributed by atoms with van der Waals surface area (Å²) < 4.78 is 34.7. The average molecular weight is 1240 g/mol. The molecule has 10 heteroatoms. The van der Waals surface area contributed by atoms with E-state index in [2.05, 4.69) is 160 Å². The first kappa shape index (κ1) is 83.9. The van der Waals surface area contributed by atoms with Gasteiger partial charge in [0.25, 0.3) is 0 Å². The number of rotatable bonds is 64. The Morgan fingerprint density at radius 3 is 0.920 bits per heavy atom. The van der Waals surface area contributed by atoms with Crippen LogP contribution in [-0.2, 0) is 32.7 Å². The highest BCUT2D eigenvalue weighted by molar-refractivity contribution is 7.47. The van der Waals surface area contributed by atoms with E-state index >= 15 is 0 Å². The third-order valence-electron chi connectivity index (χ3n) is 14.9. The van der Waals surface area contributed by atoms with Crippen molar-refractivity contribution < 1.29 is 42.1 Å². The molecule has 0 saturated heterocycles. The van der Waals surface area contributed by atoms with Crippen molar-refractivity contribution in [3.63, 3.8) is 0 Å². The Hall–Kier alpha value is -4.11.